The van der Waals surface area contributed by atoms with Crippen LogP contribution < -0.4 is 16.0 Å². The quantitative estimate of drug-likeness (QED) is 0.568. The highest BCUT2D eigenvalue weighted by Crippen LogP contribution is 2.19. The van der Waals surface area contributed by atoms with Gasteiger partial charge in [-0.15, -0.1) is 0 Å². The van der Waals surface area contributed by atoms with E-state index in [0.717, 1.165) is 25.7 Å². The summed E-state index contributed by atoms with van der Waals surface area (Å²) in [5, 5.41) is 0. The molecule has 4 N–H and O–H groups in total. The topological polar surface area (TPSA) is 110 Å². The Morgan fingerprint density at radius 3 is 2.15 bits per heavy atom. The molecule has 2 rings (SSSR count). The standard InChI is InChI=1S/C12H21N5O2S/c13-16-12-14-8-11(9-15-12)20(18,19)17-10-6-4-2-1-3-5-7-10/h8-10,17H,1-7,13H2,(H,14,15,16). The van der Waals surface area contributed by atoms with Crippen molar-refractivity contribution in [3.63, 3.8) is 0 Å². The average Bonchev–Trinajstić information content (AvgIpc) is 2.42. The second-order valence-electron chi connectivity index (χ2n) is 5.05. The lowest BCUT2D eigenvalue weighted by atomic mass is 9.97. The third-order valence-corrected chi connectivity index (χ3v) is 4.97. The molecule has 0 aromatic carbocycles. The van der Waals surface area contributed by atoms with Gasteiger partial charge in [0.15, 0.2) is 0 Å². The van der Waals surface area contributed by atoms with Crippen molar-refractivity contribution in [2.75, 3.05) is 5.43 Å². The van der Waals surface area contributed by atoms with Crippen LogP contribution in [0.4, 0.5) is 5.95 Å². The van der Waals surface area contributed by atoms with E-state index in [0.29, 0.717) is 0 Å². The van der Waals surface area contributed by atoms with E-state index in [1.807, 2.05) is 0 Å². The second-order valence-corrected chi connectivity index (χ2v) is 6.76. The van der Waals surface area contributed by atoms with Crippen molar-refractivity contribution >= 4 is 16.0 Å². The van der Waals surface area contributed by atoms with Gasteiger partial charge in [-0.25, -0.2) is 29.0 Å². The number of sulfonamides is 1. The lowest BCUT2D eigenvalue weighted by Crippen LogP contribution is -2.35. The van der Waals surface area contributed by atoms with Gasteiger partial charge >= 0.3 is 0 Å². The Bertz CT molecular complexity index is 509. The van der Waals surface area contributed by atoms with Gasteiger partial charge in [0, 0.05) is 6.04 Å². The predicted octanol–water partition coefficient (Wildman–Crippen LogP) is 1.15. The van der Waals surface area contributed by atoms with Crippen LogP contribution in [-0.4, -0.2) is 24.4 Å². The fraction of sp³-hybridized carbons (Fsp3) is 0.667. The smallest absolute Gasteiger partial charge is 0.243 e. The molecule has 1 aliphatic carbocycles. The van der Waals surface area contributed by atoms with Crippen LogP contribution in [0, 0.1) is 0 Å². The molecule has 0 unspecified atom stereocenters. The van der Waals surface area contributed by atoms with Gasteiger partial charge in [-0.3, -0.25) is 5.43 Å². The van der Waals surface area contributed by atoms with E-state index in [4.69, 9.17) is 5.84 Å². The SMILES string of the molecule is NNc1ncc(S(=O)(=O)NC2CCCCCCC2)cn1. The molecule has 0 atom stereocenters. The summed E-state index contributed by atoms with van der Waals surface area (Å²) in [5.41, 5.74) is 2.26. The monoisotopic (exact) mass is 299 g/mol. The summed E-state index contributed by atoms with van der Waals surface area (Å²) in [7, 11) is -3.56. The fourth-order valence-electron chi connectivity index (χ4n) is 2.39. The number of hydrogen-bond donors (Lipinski definition) is 3. The molecule has 20 heavy (non-hydrogen) atoms. The molecule has 0 aliphatic heterocycles. The lowest BCUT2D eigenvalue weighted by molar-refractivity contribution is 0.426. The second kappa shape index (κ2) is 6.96. The molecule has 1 heterocycles. The van der Waals surface area contributed by atoms with Crippen molar-refractivity contribution in [2.45, 2.75) is 55.9 Å². The molecular weight excluding hydrogens is 278 g/mol. The first-order valence-corrected chi connectivity index (χ1v) is 8.41. The minimum absolute atomic E-state index is 0.00705. The number of aromatic nitrogens is 2. The molecule has 1 aliphatic rings. The third kappa shape index (κ3) is 4.12. The highest BCUT2D eigenvalue weighted by molar-refractivity contribution is 7.89. The van der Waals surface area contributed by atoms with Crippen LogP contribution in [0.2, 0.25) is 0 Å². The van der Waals surface area contributed by atoms with Crippen LogP contribution in [0.15, 0.2) is 17.3 Å². The van der Waals surface area contributed by atoms with E-state index in [-0.39, 0.29) is 16.9 Å². The van der Waals surface area contributed by atoms with E-state index < -0.39 is 10.0 Å². The van der Waals surface area contributed by atoms with Gasteiger partial charge in [-0.05, 0) is 12.8 Å². The number of nitrogen functional groups attached to an aromatic ring is 1. The van der Waals surface area contributed by atoms with Crippen molar-refractivity contribution in [3.8, 4) is 0 Å². The summed E-state index contributed by atoms with van der Waals surface area (Å²) in [4.78, 5) is 7.72. The van der Waals surface area contributed by atoms with Crippen molar-refractivity contribution < 1.29 is 8.42 Å². The summed E-state index contributed by atoms with van der Waals surface area (Å²) in [5.74, 6) is 5.34. The number of hydrogen-bond acceptors (Lipinski definition) is 6. The minimum Gasteiger partial charge on any atom is -0.292 e. The first kappa shape index (κ1) is 15.1. The Morgan fingerprint density at radius 1 is 1.05 bits per heavy atom. The average molecular weight is 299 g/mol. The Hall–Kier alpha value is -1.25. The maximum absolute atomic E-state index is 12.3. The molecule has 1 aromatic rings. The van der Waals surface area contributed by atoms with Crippen LogP contribution >= 0.6 is 0 Å². The summed E-state index contributed by atoms with van der Waals surface area (Å²) in [6.45, 7) is 0. The number of nitrogens with two attached hydrogens (primary N) is 1. The van der Waals surface area contributed by atoms with Crippen molar-refractivity contribution in [1.82, 2.24) is 14.7 Å². The summed E-state index contributed by atoms with van der Waals surface area (Å²) < 4.78 is 27.3. The third-order valence-electron chi connectivity index (χ3n) is 3.49. The van der Waals surface area contributed by atoms with Gasteiger partial charge < -0.3 is 0 Å². The predicted molar refractivity (Wildman–Crippen MR) is 76.3 cm³/mol. The number of hydrazine groups is 1. The first-order valence-electron chi connectivity index (χ1n) is 6.93. The van der Waals surface area contributed by atoms with E-state index >= 15 is 0 Å². The molecule has 0 radical (unpaired) electrons. The minimum atomic E-state index is -3.56. The highest BCUT2D eigenvalue weighted by Gasteiger charge is 2.21. The van der Waals surface area contributed by atoms with Crippen molar-refractivity contribution in [2.24, 2.45) is 5.84 Å². The maximum atomic E-state index is 12.3. The zero-order valence-corrected chi connectivity index (χ0v) is 12.2. The largest absolute Gasteiger partial charge is 0.292 e. The van der Waals surface area contributed by atoms with Gasteiger partial charge in [0.2, 0.25) is 16.0 Å². The zero-order chi connectivity index (χ0) is 14.4. The van der Waals surface area contributed by atoms with Gasteiger partial charge in [-0.1, -0.05) is 32.1 Å². The summed E-state index contributed by atoms with van der Waals surface area (Å²) in [6.07, 6.45) is 10.0. The van der Waals surface area contributed by atoms with Gasteiger partial charge in [0.05, 0.1) is 12.4 Å². The fourth-order valence-corrected chi connectivity index (χ4v) is 3.58. The van der Waals surface area contributed by atoms with E-state index in [9.17, 15) is 8.42 Å². The van der Waals surface area contributed by atoms with Crippen LogP contribution in [-0.2, 0) is 10.0 Å². The molecule has 0 saturated heterocycles. The molecule has 112 valence electrons. The van der Waals surface area contributed by atoms with Gasteiger partial charge in [0.25, 0.3) is 0 Å². The highest BCUT2D eigenvalue weighted by atomic mass is 32.2. The van der Waals surface area contributed by atoms with Crippen LogP contribution in [0.3, 0.4) is 0 Å². The summed E-state index contributed by atoms with van der Waals surface area (Å²) >= 11 is 0. The summed E-state index contributed by atoms with van der Waals surface area (Å²) in [6, 6.07) is 0.00705. The molecule has 7 nitrogen and oxygen atoms in total. The molecule has 1 fully saturated rings. The van der Waals surface area contributed by atoms with Crippen LogP contribution in [0.1, 0.15) is 44.9 Å². The number of rotatable bonds is 4. The molecular formula is C12H21N5O2S. The first-order chi connectivity index (χ1) is 9.62. The molecule has 0 amide bonds. The van der Waals surface area contributed by atoms with E-state index in [2.05, 4.69) is 20.1 Å². The Labute approximate surface area is 119 Å². The van der Waals surface area contributed by atoms with E-state index in [1.54, 1.807) is 0 Å². The Kier molecular flexibility index (Phi) is 5.27. The van der Waals surface area contributed by atoms with Crippen LogP contribution in [0.25, 0.3) is 0 Å². The Balaban J connectivity index is 2.04. The molecule has 0 bridgehead atoms. The van der Waals surface area contributed by atoms with E-state index in [1.165, 1.54) is 31.7 Å². The number of anilines is 1. The Morgan fingerprint density at radius 2 is 1.60 bits per heavy atom. The number of nitrogens with zero attached hydrogens (tertiary/aromatic N) is 2. The van der Waals surface area contributed by atoms with Gasteiger partial charge in [0.1, 0.15) is 4.90 Å². The lowest BCUT2D eigenvalue weighted by Gasteiger charge is -2.20. The van der Waals surface area contributed by atoms with Gasteiger partial charge in [-0.2, -0.15) is 0 Å². The molecule has 0 spiro atoms. The van der Waals surface area contributed by atoms with Crippen LogP contribution in [0.5, 0.6) is 0 Å². The zero-order valence-electron chi connectivity index (χ0n) is 11.4. The van der Waals surface area contributed by atoms with Crippen molar-refractivity contribution in [1.29, 1.82) is 0 Å². The van der Waals surface area contributed by atoms with Crippen molar-refractivity contribution in [3.05, 3.63) is 12.4 Å². The molecule has 1 aromatic heterocycles. The molecule has 1 saturated carbocycles. The molecule has 8 heteroatoms. The number of nitrogens with one attached hydrogen (secondary N) is 2. The maximum Gasteiger partial charge on any atom is 0.243 e. The normalized spacial score (nSPS) is 18.2.